The molecule has 1 aliphatic heterocycles. The van der Waals surface area contributed by atoms with Gasteiger partial charge in [0.05, 0.1) is 6.10 Å². The fourth-order valence-corrected chi connectivity index (χ4v) is 2.51. The van der Waals surface area contributed by atoms with Crippen molar-refractivity contribution in [3.05, 3.63) is 48.0 Å². The molecule has 122 valence electrons. The maximum Gasteiger partial charge on any atom is 0.220 e. The lowest BCUT2D eigenvalue weighted by Crippen LogP contribution is -2.24. The van der Waals surface area contributed by atoms with E-state index in [4.69, 9.17) is 0 Å². The Labute approximate surface area is 138 Å². The predicted octanol–water partition coefficient (Wildman–Crippen LogP) is 2.84. The molecule has 3 atom stereocenters. The molecule has 1 aromatic carbocycles. The molecule has 0 spiro atoms. The van der Waals surface area contributed by atoms with Gasteiger partial charge >= 0.3 is 0 Å². The topological polar surface area (TPSA) is 49.3 Å². The number of amides is 1. The molecular weight excluding hydrogens is 286 g/mol. The molecule has 3 nitrogen and oxygen atoms in total. The number of hydrogen-bond acceptors (Lipinski definition) is 2. The molecule has 3 heteroatoms. The summed E-state index contributed by atoms with van der Waals surface area (Å²) in [6.45, 7) is 1.99. The summed E-state index contributed by atoms with van der Waals surface area (Å²) in [7, 11) is 0. The molecule has 1 saturated heterocycles. The van der Waals surface area contributed by atoms with E-state index < -0.39 is 6.10 Å². The maximum atomic E-state index is 11.1. The van der Waals surface area contributed by atoms with Crippen LogP contribution in [0.2, 0.25) is 0 Å². The Morgan fingerprint density at radius 2 is 2.13 bits per heavy atom. The van der Waals surface area contributed by atoms with Gasteiger partial charge in [-0.15, -0.1) is 11.8 Å². The largest absolute Gasteiger partial charge is 0.389 e. The summed E-state index contributed by atoms with van der Waals surface area (Å²) in [5.74, 6) is 6.52. The minimum atomic E-state index is -0.518. The van der Waals surface area contributed by atoms with Gasteiger partial charge in [0, 0.05) is 25.3 Å². The minimum absolute atomic E-state index is 0.0707. The van der Waals surface area contributed by atoms with Crippen LogP contribution in [0, 0.1) is 17.8 Å². The second kappa shape index (κ2) is 9.17. The zero-order valence-corrected chi connectivity index (χ0v) is 13.7. The van der Waals surface area contributed by atoms with Crippen molar-refractivity contribution in [1.82, 2.24) is 5.32 Å². The maximum absolute atomic E-state index is 11.1. The van der Waals surface area contributed by atoms with E-state index in [1.165, 1.54) is 5.56 Å². The van der Waals surface area contributed by atoms with Crippen molar-refractivity contribution >= 4 is 5.91 Å². The van der Waals surface area contributed by atoms with Crippen molar-refractivity contribution in [2.24, 2.45) is 5.92 Å². The van der Waals surface area contributed by atoms with Crippen molar-refractivity contribution in [1.29, 1.82) is 0 Å². The molecule has 2 rings (SSSR count). The average Bonchev–Trinajstić information content (AvgIpc) is 2.98. The van der Waals surface area contributed by atoms with E-state index in [1.807, 2.05) is 31.2 Å². The van der Waals surface area contributed by atoms with Gasteiger partial charge in [0.2, 0.25) is 5.91 Å². The monoisotopic (exact) mass is 311 g/mol. The van der Waals surface area contributed by atoms with Crippen LogP contribution in [0.3, 0.4) is 0 Å². The summed E-state index contributed by atoms with van der Waals surface area (Å²) in [6, 6.07) is 10.4. The average molecular weight is 311 g/mol. The number of hydrogen-bond donors (Lipinski definition) is 2. The molecule has 0 aromatic heterocycles. The fourth-order valence-electron chi connectivity index (χ4n) is 2.51. The summed E-state index contributed by atoms with van der Waals surface area (Å²) in [5, 5.41) is 13.0. The molecule has 1 aliphatic rings. The van der Waals surface area contributed by atoms with E-state index in [-0.39, 0.29) is 17.9 Å². The number of benzene rings is 1. The lowest BCUT2D eigenvalue weighted by atomic mass is 10.00. The number of aryl methyl sites for hydroxylation is 1. The number of carbonyl (C=O) groups excluding carboxylic acids is 1. The number of nitrogens with one attached hydrogen (secondary N) is 1. The number of aliphatic hydroxyl groups excluding tert-OH is 1. The first-order chi connectivity index (χ1) is 11.1. The van der Waals surface area contributed by atoms with Crippen molar-refractivity contribution in [2.75, 3.05) is 0 Å². The first-order valence-corrected chi connectivity index (χ1v) is 8.30. The van der Waals surface area contributed by atoms with E-state index in [2.05, 4.69) is 29.3 Å². The first kappa shape index (κ1) is 17.3. The molecule has 2 N–H and O–H groups in total. The second-order valence-corrected chi connectivity index (χ2v) is 6.11. The molecule has 0 radical (unpaired) electrons. The van der Waals surface area contributed by atoms with Gasteiger partial charge in [-0.05, 0) is 24.3 Å². The Bertz CT molecular complexity index is 583. The smallest absolute Gasteiger partial charge is 0.220 e. The molecule has 0 bridgehead atoms. The van der Waals surface area contributed by atoms with E-state index in [1.54, 1.807) is 6.08 Å². The van der Waals surface area contributed by atoms with Gasteiger partial charge < -0.3 is 10.4 Å². The highest BCUT2D eigenvalue weighted by molar-refractivity contribution is 5.78. The Balaban J connectivity index is 1.67. The van der Waals surface area contributed by atoms with Crippen molar-refractivity contribution in [3.8, 4) is 11.8 Å². The van der Waals surface area contributed by atoms with Crippen molar-refractivity contribution in [3.63, 3.8) is 0 Å². The third kappa shape index (κ3) is 6.30. The van der Waals surface area contributed by atoms with Crippen LogP contribution in [-0.2, 0) is 11.2 Å². The molecule has 1 heterocycles. The molecule has 1 aromatic rings. The van der Waals surface area contributed by atoms with Gasteiger partial charge in [-0.2, -0.15) is 0 Å². The van der Waals surface area contributed by atoms with Crippen LogP contribution in [0.15, 0.2) is 42.5 Å². The van der Waals surface area contributed by atoms with Crippen LogP contribution in [0.25, 0.3) is 0 Å². The highest BCUT2D eigenvalue weighted by Crippen LogP contribution is 2.12. The van der Waals surface area contributed by atoms with Crippen LogP contribution in [0.4, 0.5) is 0 Å². The van der Waals surface area contributed by atoms with Crippen molar-refractivity contribution in [2.45, 2.75) is 51.2 Å². The molecule has 1 fully saturated rings. The van der Waals surface area contributed by atoms with Crippen LogP contribution in [0.1, 0.15) is 38.2 Å². The van der Waals surface area contributed by atoms with Gasteiger partial charge in [-0.25, -0.2) is 0 Å². The SMILES string of the molecule is C[C@H](CC#CCCc1ccccc1)[C@H](O)/C=C/[C@H]1CCC(=O)N1. The summed E-state index contributed by atoms with van der Waals surface area (Å²) >= 11 is 0. The minimum Gasteiger partial charge on any atom is -0.389 e. The van der Waals surface area contributed by atoms with Crippen LogP contribution in [0.5, 0.6) is 0 Å². The standard InChI is InChI=1S/C20H25NO2/c1-16(19(22)14-12-18-13-15-20(23)21-18)8-4-2-5-9-17-10-6-3-7-11-17/h3,6-7,10-12,14,16,18-19,22H,5,8-9,13,15H2,1H3,(H,21,23)/b14-12+/t16-,18+,19-/m1/s1. The van der Waals surface area contributed by atoms with Gasteiger partial charge in [0.25, 0.3) is 0 Å². The fraction of sp³-hybridized carbons (Fsp3) is 0.450. The molecule has 23 heavy (non-hydrogen) atoms. The predicted molar refractivity (Wildman–Crippen MR) is 92.6 cm³/mol. The summed E-state index contributed by atoms with van der Waals surface area (Å²) in [6.07, 6.45) is 7.04. The van der Waals surface area contributed by atoms with Crippen LogP contribution in [-0.4, -0.2) is 23.2 Å². The Morgan fingerprint density at radius 1 is 1.35 bits per heavy atom. The molecule has 0 aliphatic carbocycles. The molecule has 0 unspecified atom stereocenters. The lowest BCUT2D eigenvalue weighted by molar-refractivity contribution is -0.119. The van der Waals surface area contributed by atoms with E-state index >= 15 is 0 Å². The Hall–Kier alpha value is -2.05. The zero-order chi connectivity index (χ0) is 16.5. The number of aliphatic hydroxyl groups is 1. The molecular formula is C20H25NO2. The quantitative estimate of drug-likeness (QED) is 0.627. The van der Waals surface area contributed by atoms with Gasteiger partial charge in [0.1, 0.15) is 0 Å². The van der Waals surface area contributed by atoms with Crippen molar-refractivity contribution < 1.29 is 9.90 Å². The lowest BCUT2D eigenvalue weighted by Gasteiger charge is -2.13. The third-order valence-electron chi connectivity index (χ3n) is 4.08. The Kier molecular flexibility index (Phi) is 6.90. The van der Waals surface area contributed by atoms with Gasteiger partial charge in [-0.1, -0.05) is 49.4 Å². The highest BCUT2D eigenvalue weighted by Gasteiger charge is 2.18. The summed E-state index contributed by atoms with van der Waals surface area (Å²) in [5.41, 5.74) is 1.30. The second-order valence-electron chi connectivity index (χ2n) is 6.11. The summed E-state index contributed by atoms with van der Waals surface area (Å²) in [4.78, 5) is 11.1. The number of rotatable bonds is 6. The zero-order valence-electron chi connectivity index (χ0n) is 13.7. The normalized spacial score (nSPS) is 19.9. The number of carbonyl (C=O) groups is 1. The van der Waals surface area contributed by atoms with Gasteiger partial charge in [-0.3, -0.25) is 4.79 Å². The molecule has 1 amide bonds. The van der Waals surface area contributed by atoms with Crippen LogP contribution < -0.4 is 5.32 Å². The van der Waals surface area contributed by atoms with Crippen LogP contribution >= 0.6 is 0 Å². The van der Waals surface area contributed by atoms with E-state index in [0.717, 1.165) is 19.3 Å². The van der Waals surface area contributed by atoms with E-state index in [0.29, 0.717) is 12.8 Å². The summed E-state index contributed by atoms with van der Waals surface area (Å²) < 4.78 is 0. The highest BCUT2D eigenvalue weighted by atomic mass is 16.3. The Morgan fingerprint density at radius 3 is 2.83 bits per heavy atom. The first-order valence-electron chi connectivity index (χ1n) is 8.30. The molecule has 0 saturated carbocycles. The van der Waals surface area contributed by atoms with Gasteiger partial charge in [0.15, 0.2) is 0 Å². The third-order valence-corrected chi connectivity index (χ3v) is 4.08. The van der Waals surface area contributed by atoms with E-state index in [9.17, 15) is 9.90 Å².